The van der Waals surface area contributed by atoms with Gasteiger partial charge >= 0.3 is 5.97 Å². The maximum Gasteiger partial charge on any atom is 0.341 e. The number of fused-ring (bicyclic) bond motifs is 2. The Labute approximate surface area is 309 Å². The van der Waals surface area contributed by atoms with E-state index in [1.807, 2.05) is 73.0 Å². The van der Waals surface area contributed by atoms with Gasteiger partial charge in [0.1, 0.15) is 0 Å². The van der Waals surface area contributed by atoms with E-state index < -0.39 is 0 Å². The van der Waals surface area contributed by atoms with Crippen molar-refractivity contribution in [1.82, 2.24) is 29.7 Å². The number of hydrogen-bond acceptors (Lipinski definition) is 10. The van der Waals surface area contributed by atoms with Crippen LogP contribution in [0.4, 0.5) is 11.9 Å². The second-order valence-corrected chi connectivity index (χ2v) is 14.3. The van der Waals surface area contributed by atoms with Crippen molar-refractivity contribution in [3.8, 4) is 0 Å². The quantitative estimate of drug-likeness (QED) is 0.161. The van der Waals surface area contributed by atoms with Crippen LogP contribution in [0, 0.1) is 23.7 Å². The number of aliphatic hydroxyl groups is 1. The summed E-state index contributed by atoms with van der Waals surface area (Å²) in [6, 6.07) is 20.3. The predicted octanol–water partition coefficient (Wildman–Crippen LogP) is 6.12. The van der Waals surface area contributed by atoms with E-state index in [2.05, 4.69) is 48.1 Å². The molecule has 1 N–H and O–H groups in total. The molecule has 270 valence electrons. The lowest BCUT2D eigenvalue weighted by molar-refractivity contribution is 0.0526. The number of benzene rings is 2. The number of anilines is 2. The molecule has 5 heterocycles. The maximum absolute atomic E-state index is 11.9. The summed E-state index contributed by atoms with van der Waals surface area (Å²) in [5, 5.41) is 13.8. The van der Waals surface area contributed by atoms with Gasteiger partial charge in [0, 0.05) is 55.9 Å². The third-order valence-electron chi connectivity index (χ3n) is 10.4. The van der Waals surface area contributed by atoms with Gasteiger partial charge in [-0.3, -0.25) is 4.68 Å². The molecule has 2 saturated carbocycles. The van der Waals surface area contributed by atoms with Crippen molar-refractivity contribution in [2.45, 2.75) is 32.9 Å². The van der Waals surface area contributed by atoms with Crippen molar-refractivity contribution in [3.05, 3.63) is 125 Å². The van der Waals surface area contributed by atoms with Crippen molar-refractivity contribution < 1.29 is 14.6 Å². The Bertz CT molecular complexity index is 2080. The van der Waals surface area contributed by atoms with E-state index in [1.54, 1.807) is 24.0 Å². The lowest BCUT2D eigenvalue weighted by Crippen LogP contribution is -2.24. The first kappa shape index (κ1) is 34.4. The first-order valence-corrected chi connectivity index (χ1v) is 18.5. The lowest BCUT2D eigenvalue weighted by Gasteiger charge is -2.19. The van der Waals surface area contributed by atoms with Gasteiger partial charge < -0.3 is 19.6 Å². The summed E-state index contributed by atoms with van der Waals surface area (Å²) in [7, 11) is 0. The molecule has 3 aromatic heterocycles. The van der Waals surface area contributed by atoms with Crippen molar-refractivity contribution in [3.63, 3.8) is 0 Å². The van der Waals surface area contributed by atoms with Gasteiger partial charge in [-0.15, -0.1) is 0 Å². The van der Waals surface area contributed by atoms with Gasteiger partial charge in [-0.25, -0.2) is 24.7 Å². The number of rotatable bonds is 11. The molecule has 2 aliphatic carbocycles. The van der Waals surface area contributed by atoms with Gasteiger partial charge in [0.25, 0.3) is 0 Å². The van der Waals surface area contributed by atoms with Crippen LogP contribution in [0.5, 0.6) is 0 Å². The summed E-state index contributed by atoms with van der Waals surface area (Å²) in [6.45, 7) is 6.81. The highest BCUT2D eigenvalue weighted by Crippen LogP contribution is 2.46. The van der Waals surface area contributed by atoms with E-state index in [4.69, 9.17) is 9.72 Å². The number of esters is 1. The van der Waals surface area contributed by atoms with Crippen molar-refractivity contribution in [2.24, 2.45) is 23.7 Å². The SMILES string of the molecule is CCOC(=O)c1cnn(Cc2cnc(N3CC4CC4C3)nc2/C=C/c2ccccc2)c1.OCc1cnc(N2CC3CC3C2)nc1/C=C/c1ccccc1. The molecule has 4 aliphatic rings. The Morgan fingerprint density at radius 2 is 1.25 bits per heavy atom. The zero-order valence-corrected chi connectivity index (χ0v) is 29.9. The Morgan fingerprint density at radius 3 is 1.75 bits per heavy atom. The summed E-state index contributed by atoms with van der Waals surface area (Å²) in [5.74, 6) is 4.55. The topological polar surface area (TPSA) is 122 Å². The molecule has 53 heavy (non-hydrogen) atoms. The molecule has 2 saturated heterocycles. The van der Waals surface area contributed by atoms with Gasteiger partial charge in [0.2, 0.25) is 11.9 Å². The number of aromatic nitrogens is 6. The normalized spacial score (nSPS) is 21.0. The van der Waals surface area contributed by atoms with Crippen LogP contribution in [0.1, 0.15) is 63.8 Å². The fourth-order valence-electron chi connectivity index (χ4n) is 7.20. The Hall–Kier alpha value is -5.68. The van der Waals surface area contributed by atoms with Crippen LogP contribution in [0.15, 0.2) is 85.5 Å². The molecule has 4 fully saturated rings. The summed E-state index contributed by atoms with van der Waals surface area (Å²) in [4.78, 5) is 35.1. The van der Waals surface area contributed by atoms with Gasteiger partial charge in [-0.05, 0) is 66.7 Å². The minimum absolute atomic E-state index is 0.0417. The average molecular weight is 709 g/mol. The third kappa shape index (κ3) is 8.36. The van der Waals surface area contributed by atoms with Gasteiger partial charge in [0.05, 0.1) is 42.9 Å². The minimum atomic E-state index is -0.364. The highest BCUT2D eigenvalue weighted by molar-refractivity contribution is 5.88. The molecule has 4 unspecified atom stereocenters. The van der Waals surface area contributed by atoms with Gasteiger partial charge in [-0.2, -0.15) is 5.10 Å². The molecular formula is C42H44N8O3. The fourth-order valence-corrected chi connectivity index (χ4v) is 7.20. The van der Waals surface area contributed by atoms with E-state index >= 15 is 0 Å². The van der Waals surface area contributed by atoms with Crippen LogP contribution < -0.4 is 9.80 Å². The summed E-state index contributed by atoms with van der Waals surface area (Å²) < 4.78 is 6.77. The van der Waals surface area contributed by atoms with E-state index in [0.29, 0.717) is 18.7 Å². The zero-order valence-electron chi connectivity index (χ0n) is 29.9. The maximum atomic E-state index is 11.9. The number of carbonyl (C=O) groups is 1. The van der Waals surface area contributed by atoms with Crippen LogP contribution in [0.2, 0.25) is 0 Å². The van der Waals surface area contributed by atoms with E-state index in [9.17, 15) is 9.90 Å². The van der Waals surface area contributed by atoms with Crippen molar-refractivity contribution >= 4 is 42.2 Å². The Balaban J connectivity index is 0.000000160. The van der Waals surface area contributed by atoms with Crippen LogP contribution in [-0.2, 0) is 17.9 Å². The summed E-state index contributed by atoms with van der Waals surface area (Å²) in [5.41, 5.74) is 6.05. The highest BCUT2D eigenvalue weighted by atomic mass is 16.5. The third-order valence-corrected chi connectivity index (χ3v) is 10.4. The minimum Gasteiger partial charge on any atom is -0.462 e. The summed E-state index contributed by atoms with van der Waals surface area (Å²) in [6.07, 6.45) is 17.6. The molecule has 5 aromatic rings. The number of aliphatic hydroxyl groups excluding tert-OH is 1. The molecule has 11 heteroatoms. The molecular weight excluding hydrogens is 665 g/mol. The molecule has 2 aromatic carbocycles. The molecule has 11 nitrogen and oxygen atoms in total. The predicted molar refractivity (Wildman–Crippen MR) is 206 cm³/mol. The first-order valence-electron chi connectivity index (χ1n) is 18.5. The standard InChI is InChI=1S/C24H25N5O2.C18H19N3O/c1-2-31-23(30)21-12-26-29(16-21)15-20-11-25-24(28-13-18-10-19(18)14-28)27-22(20)9-8-17-6-4-3-5-7-17;22-12-16-9-19-18(21-10-14-8-15(14)11-21)20-17(16)7-6-13-4-2-1-3-5-13/h3-9,11-12,16,18-19H,2,10,13-15H2,1H3;1-7,9,14-15,22H,8,10-12H2/b9-8+;7-6+. The second kappa shape index (κ2) is 15.5. The van der Waals surface area contributed by atoms with E-state index in [1.165, 1.54) is 19.0 Å². The van der Waals surface area contributed by atoms with E-state index in [-0.39, 0.29) is 12.6 Å². The van der Waals surface area contributed by atoms with Crippen LogP contribution >= 0.6 is 0 Å². The zero-order chi connectivity index (χ0) is 36.1. The molecule has 4 atom stereocenters. The number of carbonyl (C=O) groups excluding carboxylic acids is 1. The van der Waals surface area contributed by atoms with Gasteiger partial charge in [0.15, 0.2) is 0 Å². The fraction of sp³-hybridized carbons (Fsp3) is 0.333. The lowest BCUT2D eigenvalue weighted by atomic mass is 10.1. The van der Waals surface area contributed by atoms with Crippen LogP contribution in [0.3, 0.4) is 0 Å². The molecule has 0 bridgehead atoms. The smallest absolute Gasteiger partial charge is 0.341 e. The average Bonchev–Trinajstić information content (AvgIpc) is 3.90. The second-order valence-electron chi connectivity index (χ2n) is 14.3. The van der Waals surface area contributed by atoms with E-state index in [0.717, 1.165) is 95.4 Å². The van der Waals surface area contributed by atoms with Crippen LogP contribution in [-0.4, -0.2) is 73.6 Å². The molecule has 0 radical (unpaired) electrons. The van der Waals surface area contributed by atoms with Crippen LogP contribution in [0.25, 0.3) is 24.3 Å². The number of hydrogen-bond donors (Lipinski definition) is 1. The molecule has 0 amide bonds. The number of nitrogens with zero attached hydrogens (tertiary/aromatic N) is 8. The number of piperidine rings is 2. The molecule has 9 rings (SSSR count). The first-order chi connectivity index (χ1) is 26.0. The number of ether oxygens (including phenoxy) is 1. The highest BCUT2D eigenvalue weighted by Gasteiger charge is 2.46. The summed E-state index contributed by atoms with van der Waals surface area (Å²) >= 11 is 0. The molecule has 0 spiro atoms. The monoisotopic (exact) mass is 708 g/mol. The van der Waals surface area contributed by atoms with Crippen molar-refractivity contribution in [2.75, 3.05) is 42.6 Å². The van der Waals surface area contributed by atoms with Crippen molar-refractivity contribution in [1.29, 1.82) is 0 Å². The van der Waals surface area contributed by atoms with Gasteiger partial charge in [-0.1, -0.05) is 72.8 Å². The largest absolute Gasteiger partial charge is 0.462 e. The Morgan fingerprint density at radius 1 is 0.736 bits per heavy atom. The Kier molecular flexibility index (Phi) is 10.1. The molecule has 2 aliphatic heterocycles.